The quantitative estimate of drug-likeness (QED) is 0.661. The van der Waals surface area contributed by atoms with Gasteiger partial charge in [-0.2, -0.15) is 0 Å². The fourth-order valence-corrected chi connectivity index (χ4v) is 1.85. The molecule has 0 aliphatic heterocycles. The highest BCUT2D eigenvalue weighted by Crippen LogP contribution is 1.99. The third-order valence-corrected chi connectivity index (χ3v) is 3.09. The highest BCUT2D eigenvalue weighted by molar-refractivity contribution is 5.92. The lowest BCUT2D eigenvalue weighted by molar-refractivity contribution is -0.125. The molecular formula is C18H30N4O3. The summed E-state index contributed by atoms with van der Waals surface area (Å²) in [6.07, 6.45) is 1.61. The van der Waals surface area contributed by atoms with Gasteiger partial charge in [0, 0.05) is 31.6 Å². The van der Waals surface area contributed by atoms with E-state index in [1.807, 2.05) is 20.8 Å². The zero-order valence-corrected chi connectivity index (χ0v) is 15.8. The first-order valence-electron chi connectivity index (χ1n) is 8.70. The maximum absolute atomic E-state index is 12.2. The molecular weight excluding hydrogens is 320 g/mol. The lowest BCUT2D eigenvalue weighted by Crippen LogP contribution is -2.47. The molecule has 0 saturated heterocycles. The monoisotopic (exact) mass is 350 g/mol. The minimum absolute atomic E-state index is 0.0881. The summed E-state index contributed by atoms with van der Waals surface area (Å²) in [7, 11) is 0. The molecule has 0 radical (unpaired) electrons. The number of nitrogens with zero attached hydrogens (tertiary/aromatic N) is 1. The molecule has 25 heavy (non-hydrogen) atoms. The van der Waals surface area contributed by atoms with Gasteiger partial charge in [0.15, 0.2) is 0 Å². The van der Waals surface area contributed by atoms with Crippen molar-refractivity contribution in [3.05, 3.63) is 30.1 Å². The van der Waals surface area contributed by atoms with E-state index in [9.17, 15) is 14.4 Å². The van der Waals surface area contributed by atoms with Crippen LogP contribution in [0.1, 0.15) is 51.5 Å². The number of rotatable bonds is 8. The van der Waals surface area contributed by atoms with Crippen LogP contribution in [0.2, 0.25) is 0 Å². The van der Waals surface area contributed by atoms with E-state index in [2.05, 4.69) is 20.9 Å². The largest absolute Gasteiger partial charge is 0.356 e. The highest BCUT2D eigenvalue weighted by Gasteiger charge is 2.19. The minimum Gasteiger partial charge on any atom is -0.356 e. The second kappa shape index (κ2) is 12.9. The number of aromatic nitrogens is 1. The minimum atomic E-state index is -0.501. The first-order chi connectivity index (χ1) is 11.9. The van der Waals surface area contributed by atoms with Gasteiger partial charge in [0.1, 0.15) is 5.69 Å². The SMILES string of the molecule is CC.CCNC(=O)CC(CNC(=O)C(C)C)NC(=O)c1ccccn1. The van der Waals surface area contributed by atoms with E-state index in [1.54, 1.807) is 32.0 Å². The van der Waals surface area contributed by atoms with Crippen LogP contribution in [0, 0.1) is 5.92 Å². The number of carbonyl (C=O) groups is 3. The van der Waals surface area contributed by atoms with Crippen LogP contribution in [-0.2, 0) is 9.59 Å². The van der Waals surface area contributed by atoms with Crippen molar-refractivity contribution in [3.63, 3.8) is 0 Å². The van der Waals surface area contributed by atoms with E-state index in [-0.39, 0.29) is 42.3 Å². The predicted octanol–water partition coefficient (Wildman–Crippen LogP) is 1.50. The van der Waals surface area contributed by atoms with Crippen molar-refractivity contribution in [3.8, 4) is 0 Å². The first kappa shape index (κ1) is 22.6. The van der Waals surface area contributed by atoms with Gasteiger partial charge in [-0.3, -0.25) is 19.4 Å². The van der Waals surface area contributed by atoms with Crippen molar-refractivity contribution in [2.24, 2.45) is 5.92 Å². The molecule has 7 heteroatoms. The Morgan fingerprint density at radius 2 is 1.80 bits per heavy atom. The standard InChI is InChI=1S/C16H24N4O3.C2H6/c1-4-17-14(21)9-12(10-19-15(22)11(2)3)20-16(23)13-7-5-6-8-18-13;1-2/h5-8,11-12H,4,9-10H2,1-3H3,(H,17,21)(H,19,22)(H,20,23);1-2H3. The summed E-state index contributed by atoms with van der Waals surface area (Å²) < 4.78 is 0. The van der Waals surface area contributed by atoms with Crippen LogP contribution in [0.15, 0.2) is 24.4 Å². The van der Waals surface area contributed by atoms with Crippen LogP contribution in [0.5, 0.6) is 0 Å². The van der Waals surface area contributed by atoms with Crippen LogP contribution >= 0.6 is 0 Å². The Hall–Kier alpha value is -2.44. The average molecular weight is 350 g/mol. The fourth-order valence-electron chi connectivity index (χ4n) is 1.85. The summed E-state index contributed by atoms with van der Waals surface area (Å²) in [5.74, 6) is -0.846. The molecule has 0 saturated carbocycles. The molecule has 1 heterocycles. The van der Waals surface area contributed by atoms with Crippen molar-refractivity contribution in [2.45, 2.75) is 47.1 Å². The lowest BCUT2D eigenvalue weighted by atomic mass is 10.1. The highest BCUT2D eigenvalue weighted by atomic mass is 16.2. The molecule has 1 unspecified atom stereocenters. The topological polar surface area (TPSA) is 100 Å². The van der Waals surface area contributed by atoms with E-state index in [1.165, 1.54) is 6.20 Å². The lowest BCUT2D eigenvalue weighted by Gasteiger charge is -2.19. The van der Waals surface area contributed by atoms with Gasteiger partial charge in [0.05, 0.1) is 6.04 Å². The molecule has 1 aromatic rings. The van der Waals surface area contributed by atoms with E-state index in [4.69, 9.17) is 0 Å². The van der Waals surface area contributed by atoms with Crippen molar-refractivity contribution in [2.75, 3.05) is 13.1 Å². The van der Waals surface area contributed by atoms with Gasteiger partial charge in [-0.1, -0.05) is 33.8 Å². The summed E-state index contributed by atoms with van der Waals surface area (Å²) in [4.78, 5) is 39.6. The molecule has 0 bridgehead atoms. The van der Waals surface area contributed by atoms with E-state index >= 15 is 0 Å². The van der Waals surface area contributed by atoms with Gasteiger partial charge < -0.3 is 16.0 Å². The maximum Gasteiger partial charge on any atom is 0.270 e. The van der Waals surface area contributed by atoms with Gasteiger partial charge in [0.2, 0.25) is 11.8 Å². The van der Waals surface area contributed by atoms with E-state index < -0.39 is 6.04 Å². The summed E-state index contributed by atoms with van der Waals surface area (Å²) in [5.41, 5.74) is 0.267. The summed E-state index contributed by atoms with van der Waals surface area (Å²) >= 11 is 0. The molecule has 140 valence electrons. The van der Waals surface area contributed by atoms with E-state index in [0.29, 0.717) is 6.54 Å². The fraction of sp³-hybridized carbons (Fsp3) is 0.556. The molecule has 1 atom stereocenters. The molecule has 0 spiro atoms. The Balaban J connectivity index is 0.00000277. The number of carbonyl (C=O) groups excluding carboxylic acids is 3. The second-order valence-electron chi connectivity index (χ2n) is 5.44. The Kier molecular flexibility index (Phi) is 11.7. The predicted molar refractivity (Wildman–Crippen MR) is 98.0 cm³/mol. The molecule has 0 aliphatic carbocycles. The molecule has 0 fully saturated rings. The molecule has 1 aromatic heterocycles. The van der Waals surface area contributed by atoms with E-state index in [0.717, 1.165) is 0 Å². The third kappa shape index (κ3) is 9.44. The average Bonchev–Trinajstić information content (AvgIpc) is 2.61. The smallest absolute Gasteiger partial charge is 0.270 e. The zero-order chi connectivity index (χ0) is 19.2. The van der Waals surface area contributed by atoms with Crippen molar-refractivity contribution in [1.82, 2.24) is 20.9 Å². The third-order valence-electron chi connectivity index (χ3n) is 3.09. The van der Waals surface area contributed by atoms with Crippen molar-refractivity contribution >= 4 is 17.7 Å². The van der Waals surface area contributed by atoms with Crippen LogP contribution in [-0.4, -0.2) is 41.8 Å². The van der Waals surface area contributed by atoms with Gasteiger partial charge in [-0.25, -0.2) is 0 Å². The van der Waals surface area contributed by atoms with Crippen LogP contribution in [0.4, 0.5) is 0 Å². The summed E-state index contributed by atoms with van der Waals surface area (Å²) in [6.45, 7) is 10.1. The van der Waals surface area contributed by atoms with Gasteiger partial charge in [-0.05, 0) is 19.1 Å². The molecule has 0 aliphatic rings. The second-order valence-corrected chi connectivity index (χ2v) is 5.44. The van der Waals surface area contributed by atoms with Crippen molar-refractivity contribution in [1.29, 1.82) is 0 Å². The van der Waals surface area contributed by atoms with Gasteiger partial charge in [-0.15, -0.1) is 0 Å². The number of amides is 3. The summed E-state index contributed by atoms with van der Waals surface area (Å²) in [5, 5.41) is 8.15. The molecule has 3 N–H and O–H groups in total. The Morgan fingerprint density at radius 3 is 2.32 bits per heavy atom. The van der Waals surface area contributed by atoms with Crippen molar-refractivity contribution < 1.29 is 14.4 Å². The summed E-state index contributed by atoms with van der Waals surface area (Å²) in [6, 6.07) is 4.51. The van der Waals surface area contributed by atoms with Crippen LogP contribution in [0.25, 0.3) is 0 Å². The Bertz CT molecular complexity index is 532. The number of nitrogens with one attached hydrogen (secondary N) is 3. The molecule has 3 amide bonds. The zero-order valence-electron chi connectivity index (χ0n) is 15.8. The van der Waals surface area contributed by atoms with Crippen LogP contribution < -0.4 is 16.0 Å². The first-order valence-corrected chi connectivity index (χ1v) is 8.70. The van der Waals surface area contributed by atoms with Gasteiger partial charge >= 0.3 is 0 Å². The Labute approximate surface area is 150 Å². The number of hydrogen-bond donors (Lipinski definition) is 3. The molecule has 1 rings (SSSR count). The van der Waals surface area contributed by atoms with Crippen LogP contribution in [0.3, 0.4) is 0 Å². The number of pyridine rings is 1. The molecule has 7 nitrogen and oxygen atoms in total. The maximum atomic E-state index is 12.2. The normalized spacial score (nSPS) is 11.0. The van der Waals surface area contributed by atoms with Gasteiger partial charge in [0.25, 0.3) is 5.91 Å². The molecule has 0 aromatic carbocycles. The Morgan fingerprint density at radius 1 is 1.12 bits per heavy atom. The number of hydrogen-bond acceptors (Lipinski definition) is 4.